The Morgan fingerprint density at radius 2 is 0.838 bits per heavy atom. The molecule has 0 radical (unpaired) electrons. The smallest absolute Gasteiger partial charge is 0.0727 e. The van der Waals surface area contributed by atoms with Gasteiger partial charge in [0.1, 0.15) is 0 Å². The van der Waals surface area contributed by atoms with Crippen molar-refractivity contribution in [3.05, 3.63) is 275 Å². The maximum atomic E-state index is 2.62. The van der Waals surface area contributed by atoms with Crippen LogP contribution in [0.1, 0.15) is 124 Å². The van der Waals surface area contributed by atoms with Gasteiger partial charge in [-0.15, -0.1) is 0 Å². The second kappa shape index (κ2) is 18.4. The summed E-state index contributed by atoms with van der Waals surface area (Å²) in [6, 6.07) is 88.6. The summed E-state index contributed by atoms with van der Waals surface area (Å²) in [6.07, 6.45) is 6.82. The van der Waals surface area contributed by atoms with Gasteiger partial charge in [-0.25, -0.2) is 0 Å². The number of hydrogen-bond acceptors (Lipinski definition) is 2. The Balaban J connectivity index is 0.992. The van der Waals surface area contributed by atoms with Crippen LogP contribution in [-0.4, -0.2) is 0 Å². The van der Waals surface area contributed by atoms with Crippen LogP contribution in [0.5, 0.6) is 0 Å². The monoisotopic (exact) mass is 1030 g/mol. The van der Waals surface area contributed by atoms with Crippen molar-refractivity contribution in [1.82, 2.24) is 0 Å². The van der Waals surface area contributed by atoms with Gasteiger partial charge in [0.25, 0.3) is 0 Å². The van der Waals surface area contributed by atoms with Crippen molar-refractivity contribution in [3.8, 4) is 44.5 Å². The van der Waals surface area contributed by atoms with Gasteiger partial charge in [0.2, 0.25) is 0 Å². The van der Waals surface area contributed by atoms with Gasteiger partial charge in [-0.1, -0.05) is 206 Å². The van der Waals surface area contributed by atoms with Crippen LogP contribution in [-0.2, 0) is 16.2 Å². The molecule has 0 heterocycles. The van der Waals surface area contributed by atoms with Crippen LogP contribution in [0.25, 0.3) is 44.5 Å². The summed E-state index contributed by atoms with van der Waals surface area (Å²) in [7, 11) is 0. The number of nitrogens with zero attached hydrogens (tertiary/aromatic N) is 2. The minimum atomic E-state index is -0.641. The van der Waals surface area contributed by atoms with Gasteiger partial charge in [0, 0.05) is 33.7 Å². The SMILES string of the molecule is CC1CC2CCCC(C1)C2c1ccc(N(c2ccccc2)c2cc3c(cc2-c2ccccc2)-c2ccccc2C32c3ccccc3-c3cc(C(C)(C)C)c(N(c4ccccc4)c4ccc5c(c4)-c4ccccc4C5(C)C)cc32)cc1. The van der Waals surface area contributed by atoms with Crippen molar-refractivity contribution >= 4 is 34.1 Å². The van der Waals surface area contributed by atoms with Crippen LogP contribution in [0.3, 0.4) is 0 Å². The molecule has 0 N–H and O–H groups in total. The highest BCUT2D eigenvalue weighted by Crippen LogP contribution is 2.66. The average Bonchev–Trinajstić information content (AvgIpc) is 3.34. The quantitative estimate of drug-likeness (QED) is 0.150. The summed E-state index contributed by atoms with van der Waals surface area (Å²) in [5.74, 6) is 3.03. The summed E-state index contributed by atoms with van der Waals surface area (Å²) in [5, 5.41) is 0. The van der Waals surface area contributed by atoms with Crippen LogP contribution < -0.4 is 9.80 Å². The lowest BCUT2D eigenvalue weighted by molar-refractivity contribution is 0.111. The molecule has 5 aliphatic rings. The molecule has 15 rings (SSSR count). The van der Waals surface area contributed by atoms with Crippen LogP contribution in [0.2, 0.25) is 0 Å². The van der Waals surface area contributed by atoms with E-state index in [2.05, 4.69) is 282 Å². The first-order valence-electron chi connectivity index (χ1n) is 29.7. The van der Waals surface area contributed by atoms with Gasteiger partial charge < -0.3 is 9.80 Å². The van der Waals surface area contributed by atoms with Gasteiger partial charge in [-0.2, -0.15) is 0 Å². The number of benzene rings is 10. The molecule has 80 heavy (non-hydrogen) atoms. The van der Waals surface area contributed by atoms with Crippen LogP contribution in [0.4, 0.5) is 34.1 Å². The predicted octanol–water partition coefficient (Wildman–Crippen LogP) is 21.2. The zero-order valence-electron chi connectivity index (χ0n) is 47.2. The minimum Gasteiger partial charge on any atom is -0.310 e. The number of anilines is 6. The van der Waals surface area contributed by atoms with Gasteiger partial charge in [-0.3, -0.25) is 0 Å². The number of para-hydroxylation sites is 2. The highest BCUT2D eigenvalue weighted by atomic mass is 15.2. The molecular formula is C78H70N2. The topological polar surface area (TPSA) is 6.48 Å². The Hall–Kier alpha value is -8.20. The van der Waals surface area contributed by atoms with E-state index in [-0.39, 0.29) is 10.8 Å². The third kappa shape index (κ3) is 7.37. The van der Waals surface area contributed by atoms with E-state index < -0.39 is 5.41 Å². The van der Waals surface area contributed by atoms with E-state index in [1.807, 2.05) is 0 Å². The molecule has 392 valence electrons. The molecule has 2 saturated carbocycles. The Bertz CT molecular complexity index is 4020. The molecule has 10 aromatic rings. The van der Waals surface area contributed by atoms with Crippen LogP contribution in [0.15, 0.2) is 231 Å². The molecule has 0 aliphatic heterocycles. The molecule has 0 amide bonds. The summed E-state index contributed by atoms with van der Waals surface area (Å²) in [5.41, 5.74) is 27.2. The van der Waals surface area contributed by atoms with E-state index in [1.165, 1.54) is 138 Å². The third-order valence-corrected chi connectivity index (χ3v) is 19.7. The minimum absolute atomic E-state index is 0.0978. The maximum absolute atomic E-state index is 2.62. The van der Waals surface area contributed by atoms with E-state index in [0.29, 0.717) is 5.92 Å². The van der Waals surface area contributed by atoms with Gasteiger partial charge in [-0.05, 0) is 211 Å². The van der Waals surface area contributed by atoms with Gasteiger partial charge in [0.05, 0.1) is 16.8 Å². The Morgan fingerprint density at radius 1 is 0.388 bits per heavy atom. The summed E-state index contributed by atoms with van der Waals surface area (Å²) in [4.78, 5) is 5.13. The molecule has 5 aliphatic carbocycles. The van der Waals surface area contributed by atoms with E-state index >= 15 is 0 Å². The first-order chi connectivity index (χ1) is 39.0. The molecule has 2 nitrogen and oxygen atoms in total. The normalized spacial score (nSPS) is 20.5. The zero-order valence-corrected chi connectivity index (χ0v) is 47.2. The van der Waals surface area contributed by atoms with E-state index in [9.17, 15) is 0 Å². The van der Waals surface area contributed by atoms with Gasteiger partial charge in [0.15, 0.2) is 0 Å². The molecule has 10 aromatic carbocycles. The first-order valence-corrected chi connectivity index (χ1v) is 29.7. The molecule has 0 aromatic heterocycles. The fourth-order valence-electron chi connectivity index (χ4n) is 16.3. The summed E-state index contributed by atoms with van der Waals surface area (Å²) in [6.45, 7) is 14.4. The lowest BCUT2D eigenvalue weighted by Gasteiger charge is -2.45. The number of fused-ring (bicyclic) bond motifs is 15. The van der Waals surface area contributed by atoms with E-state index in [4.69, 9.17) is 0 Å². The van der Waals surface area contributed by atoms with Crippen molar-refractivity contribution in [2.45, 2.75) is 95.8 Å². The summed E-state index contributed by atoms with van der Waals surface area (Å²) >= 11 is 0. The molecule has 1 spiro atoms. The van der Waals surface area contributed by atoms with Crippen molar-refractivity contribution < 1.29 is 0 Å². The number of rotatable bonds is 8. The predicted molar refractivity (Wildman–Crippen MR) is 336 cm³/mol. The zero-order chi connectivity index (χ0) is 54.1. The molecule has 3 unspecified atom stereocenters. The second-order valence-corrected chi connectivity index (χ2v) is 25.7. The lowest BCUT2D eigenvalue weighted by atomic mass is 9.60. The Labute approximate surface area is 474 Å². The molecular weight excluding hydrogens is 965 g/mol. The maximum Gasteiger partial charge on any atom is 0.0727 e. The van der Waals surface area contributed by atoms with Crippen LogP contribution >= 0.6 is 0 Å². The molecule has 0 saturated heterocycles. The van der Waals surface area contributed by atoms with E-state index in [0.717, 1.165) is 34.8 Å². The average molecular weight is 1040 g/mol. The molecule has 2 heteroatoms. The Morgan fingerprint density at radius 3 is 1.43 bits per heavy atom. The Kier molecular flexibility index (Phi) is 11.3. The molecule has 2 fully saturated rings. The van der Waals surface area contributed by atoms with Crippen LogP contribution in [0, 0.1) is 17.8 Å². The fraction of sp³-hybridized carbons (Fsp3) is 0.231. The third-order valence-electron chi connectivity index (χ3n) is 19.7. The molecule has 3 atom stereocenters. The fourth-order valence-corrected chi connectivity index (χ4v) is 16.3. The largest absolute Gasteiger partial charge is 0.310 e. The van der Waals surface area contributed by atoms with Crippen molar-refractivity contribution in [2.24, 2.45) is 17.8 Å². The van der Waals surface area contributed by atoms with Crippen molar-refractivity contribution in [1.29, 1.82) is 0 Å². The number of hydrogen-bond donors (Lipinski definition) is 0. The molecule has 2 bridgehead atoms. The van der Waals surface area contributed by atoms with Crippen molar-refractivity contribution in [2.75, 3.05) is 9.80 Å². The standard InChI is InChI=1S/C78H70N2/c1-50-43-53-25-22-26-54(44-50)75(53)52-37-39-57(40-38-52)79(55-27-12-8-13-28-55)73-48-70-64(46-62(73)51-23-10-7-11-24-51)60-32-17-20-35-68(60)78(70)69-36-21-18-33-61(69)65-47-72(76(2,3)4)74(49-71(65)78)80(56-29-14-9-15-30-56)58-41-42-67-63(45-58)59-31-16-19-34-66(59)77(67,5)6/h7-21,23-24,27-42,45-50,53-54,75H,22,25-26,43-44H2,1-6H3. The highest BCUT2D eigenvalue weighted by molar-refractivity contribution is 6.01. The van der Waals surface area contributed by atoms with Gasteiger partial charge >= 0.3 is 0 Å². The highest BCUT2D eigenvalue weighted by Gasteiger charge is 2.53. The lowest BCUT2D eigenvalue weighted by Crippen LogP contribution is -2.33. The van der Waals surface area contributed by atoms with E-state index in [1.54, 1.807) is 0 Å². The second-order valence-electron chi connectivity index (χ2n) is 25.7. The van der Waals surface area contributed by atoms with Crippen molar-refractivity contribution in [3.63, 3.8) is 0 Å². The summed E-state index contributed by atoms with van der Waals surface area (Å²) < 4.78 is 0. The first kappa shape index (κ1) is 48.9.